The molecule has 43 heavy (non-hydrogen) atoms. The SMILES string of the molecule is COC(=O)[C@@](C)(c1ccccc1)N1CCC(c2ccc(NC(=O)c3ccccc3-c3ccc(C(F)(F)F)cc3)cc2)CC1. The first-order valence-electron chi connectivity index (χ1n) is 14.2. The Bertz CT molecular complexity index is 1560. The number of carbonyl (C=O) groups is 2. The normalized spacial score (nSPS) is 15.8. The zero-order valence-corrected chi connectivity index (χ0v) is 24.0. The molecule has 1 atom stereocenters. The molecule has 1 N–H and O–H groups in total. The number of likely N-dealkylation sites (tertiary alicyclic amines) is 1. The second kappa shape index (κ2) is 12.4. The first-order valence-corrected chi connectivity index (χ1v) is 14.2. The fourth-order valence-corrected chi connectivity index (χ4v) is 5.86. The number of anilines is 1. The highest BCUT2D eigenvalue weighted by Crippen LogP contribution is 2.37. The zero-order valence-electron chi connectivity index (χ0n) is 24.0. The van der Waals surface area contributed by atoms with Crippen LogP contribution in [-0.4, -0.2) is 37.0 Å². The van der Waals surface area contributed by atoms with Gasteiger partial charge in [-0.1, -0.05) is 72.8 Å². The molecule has 0 spiro atoms. The van der Waals surface area contributed by atoms with Crippen LogP contribution < -0.4 is 5.32 Å². The Morgan fingerprint density at radius 1 is 0.791 bits per heavy atom. The first-order chi connectivity index (χ1) is 20.6. The Kier molecular flexibility index (Phi) is 8.69. The third kappa shape index (κ3) is 6.34. The van der Waals surface area contributed by atoms with Crippen LogP contribution in [0.5, 0.6) is 0 Å². The van der Waals surface area contributed by atoms with Crippen LogP contribution in [-0.2, 0) is 21.2 Å². The lowest BCUT2D eigenvalue weighted by molar-refractivity contribution is -0.156. The maximum atomic E-state index is 13.2. The molecular formula is C35H33F3N2O3. The molecule has 0 saturated carbocycles. The van der Waals surface area contributed by atoms with E-state index in [1.807, 2.05) is 61.5 Å². The summed E-state index contributed by atoms with van der Waals surface area (Å²) in [6.45, 7) is 3.37. The highest BCUT2D eigenvalue weighted by atomic mass is 19.4. The van der Waals surface area contributed by atoms with Gasteiger partial charge in [-0.15, -0.1) is 0 Å². The summed E-state index contributed by atoms with van der Waals surface area (Å²) in [5.74, 6) is -0.323. The quantitative estimate of drug-likeness (QED) is 0.224. The largest absolute Gasteiger partial charge is 0.467 e. The molecule has 1 saturated heterocycles. The van der Waals surface area contributed by atoms with E-state index in [2.05, 4.69) is 10.2 Å². The molecule has 1 aliphatic rings. The summed E-state index contributed by atoms with van der Waals surface area (Å²) in [7, 11) is 1.42. The maximum absolute atomic E-state index is 13.2. The molecule has 0 unspecified atom stereocenters. The molecule has 0 bridgehead atoms. The number of halogens is 3. The van der Waals surface area contributed by atoms with Gasteiger partial charge in [0.1, 0.15) is 5.54 Å². The van der Waals surface area contributed by atoms with Crippen molar-refractivity contribution in [2.75, 3.05) is 25.5 Å². The minimum absolute atomic E-state index is 0.280. The van der Waals surface area contributed by atoms with Crippen molar-refractivity contribution in [1.82, 2.24) is 4.90 Å². The summed E-state index contributed by atoms with van der Waals surface area (Å²) >= 11 is 0. The Morgan fingerprint density at radius 3 is 2.00 bits per heavy atom. The molecule has 1 aliphatic heterocycles. The van der Waals surface area contributed by atoms with Crippen LogP contribution in [0.15, 0.2) is 103 Å². The van der Waals surface area contributed by atoms with Crippen molar-refractivity contribution in [3.05, 3.63) is 125 Å². The predicted octanol–water partition coefficient (Wildman–Crippen LogP) is 7.89. The Labute approximate surface area is 249 Å². The van der Waals surface area contributed by atoms with Crippen LogP contribution in [0, 0.1) is 0 Å². The molecule has 0 aromatic heterocycles. The topological polar surface area (TPSA) is 58.6 Å². The number of alkyl halides is 3. The minimum atomic E-state index is -4.43. The Hall–Kier alpha value is -4.43. The monoisotopic (exact) mass is 586 g/mol. The summed E-state index contributed by atoms with van der Waals surface area (Å²) in [5.41, 5.74) is 2.51. The maximum Gasteiger partial charge on any atom is 0.416 e. The molecular weight excluding hydrogens is 553 g/mol. The highest BCUT2D eigenvalue weighted by Gasteiger charge is 2.43. The Morgan fingerprint density at radius 2 is 1.40 bits per heavy atom. The van der Waals surface area contributed by atoms with E-state index in [0.717, 1.165) is 49.2 Å². The van der Waals surface area contributed by atoms with E-state index < -0.39 is 17.3 Å². The van der Waals surface area contributed by atoms with Crippen molar-refractivity contribution in [3.8, 4) is 11.1 Å². The number of hydrogen-bond donors (Lipinski definition) is 1. The van der Waals surface area contributed by atoms with E-state index in [0.29, 0.717) is 28.3 Å². The van der Waals surface area contributed by atoms with Crippen LogP contribution >= 0.6 is 0 Å². The van der Waals surface area contributed by atoms with Gasteiger partial charge in [-0.2, -0.15) is 13.2 Å². The van der Waals surface area contributed by atoms with Crippen LogP contribution in [0.2, 0.25) is 0 Å². The molecule has 1 fully saturated rings. The van der Waals surface area contributed by atoms with E-state index in [1.54, 1.807) is 24.3 Å². The van der Waals surface area contributed by atoms with E-state index >= 15 is 0 Å². The number of hydrogen-bond acceptors (Lipinski definition) is 4. The van der Waals surface area contributed by atoms with Gasteiger partial charge in [-0.3, -0.25) is 9.69 Å². The number of rotatable bonds is 7. The number of nitrogens with zero attached hydrogens (tertiary/aromatic N) is 1. The smallest absolute Gasteiger partial charge is 0.416 e. The number of amides is 1. The standard InChI is InChI=1S/C35H33F3N2O3/c1-34(33(42)43-2,27-8-4-3-5-9-27)40-22-20-25(21-23-40)24-14-18-29(19-15-24)39-32(41)31-11-7-6-10-30(31)26-12-16-28(17-13-26)35(36,37)38/h3-19,25H,20-23H2,1-2H3,(H,39,41)/t34-/m1/s1. The number of ether oxygens (including phenoxy) is 1. The molecule has 1 heterocycles. The number of carbonyl (C=O) groups excluding carboxylic acids is 2. The van der Waals surface area contributed by atoms with Gasteiger partial charge in [0, 0.05) is 24.3 Å². The van der Waals surface area contributed by atoms with Gasteiger partial charge in [0.05, 0.1) is 12.7 Å². The average Bonchev–Trinajstić information content (AvgIpc) is 3.04. The molecule has 1 amide bonds. The van der Waals surface area contributed by atoms with E-state index in [9.17, 15) is 22.8 Å². The van der Waals surface area contributed by atoms with Crippen molar-refractivity contribution < 1.29 is 27.5 Å². The third-order valence-corrected chi connectivity index (χ3v) is 8.38. The molecule has 0 aliphatic carbocycles. The number of piperidine rings is 1. The lowest BCUT2D eigenvalue weighted by Gasteiger charge is -2.43. The molecule has 5 nitrogen and oxygen atoms in total. The van der Waals surface area contributed by atoms with Crippen molar-refractivity contribution in [2.24, 2.45) is 0 Å². The van der Waals surface area contributed by atoms with Crippen LogP contribution in [0.4, 0.5) is 18.9 Å². The van der Waals surface area contributed by atoms with Crippen molar-refractivity contribution in [1.29, 1.82) is 0 Å². The van der Waals surface area contributed by atoms with Gasteiger partial charge in [-0.25, -0.2) is 4.79 Å². The van der Waals surface area contributed by atoms with Crippen molar-refractivity contribution in [3.63, 3.8) is 0 Å². The van der Waals surface area contributed by atoms with Crippen molar-refractivity contribution >= 4 is 17.6 Å². The third-order valence-electron chi connectivity index (χ3n) is 8.38. The zero-order chi connectivity index (χ0) is 30.6. The molecule has 222 valence electrons. The molecule has 0 radical (unpaired) electrons. The van der Waals surface area contributed by atoms with Crippen molar-refractivity contribution in [2.45, 2.75) is 37.4 Å². The molecule has 4 aromatic rings. The minimum Gasteiger partial charge on any atom is -0.467 e. The predicted molar refractivity (Wildman–Crippen MR) is 161 cm³/mol. The molecule has 4 aromatic carbocycles. The molecule has 5 rings (SSSR count). The summed E-state index contributed by atoms with van der Waals surface area (Å²) in [6, 6.07) is 29.1. The summed E-state index contributed by atoms with van der Waals surface area (Å²) in [4.78, 5) is 28.3. The second-order valence-electron chi connectivity index (χ2n) is 10.9. The van der Waals surface area contributed by atoms with E-state index in [-0.39, 0.29) is 11.9 Å². The van der Waals surface area contributed by atoms with Gasteiger partial charge < -0.3 is 10.1 Å². The lowest BCUT2D eigenvalue weighted by Crippen LogP contribution is -2.53. The first kappa shape index (κ1) is 30.0. The van der Waals surface area contributed by atoms with E-state index in [1.165, 1.54) is 19.2 Å². The van der Waals surface area contributed by atoms with Gasteiger partial charge >= 0.3 is 12.1 Å². The van der Waals surface area contributed by atoms with Crippen LogP contribution in [0.25, 0.3) is 11.1 Å². The lowest BCUT2D eigenvalue weighted by atomic mass is 9.84. The average molecular weight is 587 g/mol. The second-order valence-corrected chi connectivity index (χ2v) is 10.9. The summed E-state index contributed by atoms with van der Waals surface area (Å²) in [6.07, 6.45) is -2.69. The summed E-state index contributed by atoms with van der Waals surface area (Å²) < 4.78 is 44.2. The number of methoxy groups -OCH3 is 1. The van der Waals surface area contributed by atoms with Gasteiger partial charge in [-0.05, 0) is 78.3 Å². The van der Waals surface area contributed by atoms with Gasteiger partial charge in [0.15, 0.2) is 0 Å². The molecule has 8 heteroatoms. The van der Waals surface area contributed by atoms with Crippen LogP contribution in [0.1, 0.15) is 52.7 Å². The Balaban J connectivity index is 1.25. The number of nitrogens with one attached hydrogen (secondary N) is 1. The van der Waals surface area contributed by atoms with E-state index in [4.69, 9.17) is 4.74 Å². The number of benzene rings is 4. The fourth-order valence-electron chi connectivity index (χ4n) is 5.86. The van der Waals surface area contributed by atoms with Gasteiger partial charge in [0.2, 0.25) is 0 Å². The summed E-state index contributed by atoms with van der Waals surface area (Å²) in [5, 5.41) is 2.92. The van der Waals surface area contributed by atoms with Crippen LogP contribution in [0.3, 0.4) is 0 Å². The fraction of sp³-hybridized carbons (Fsp3) is 0.257. The number of esters is 1. The highest BCUT2D eigenvalue weighted by molar-refractivity contribution is 6.08. The van der Waals surface area contributed by atoms with Gasteiger partial charge in [0.25, 0.3) is 5.91 Å².